The van der Waals surface area contributed by atoms with Gasteiger partial charge >= 0.3 is 5.97 Å². The van der Waals surface area contributed by atoms with Crippen LogP contribution in [0.15, 0.2) is 21.9 Å². The van der Waals surface area contributed by atoms with Gasteiger partial charge in [-0.3, -0.25) is 0 Å². The van der Waals surface area contributed by atoms with E-state index < -0.39 is 0 Å². The maximum absolute atomic E-state index is 11.0. The summed E-state index contributed by atoms with van der Waals surface area (Å²) in [4.78, 5) is 11.0. The molecular weight excluding hydrogens is 276 g/mol. The van der Waals surface area contributed by atoms with Crippen molar-refractivity contribution in [2.45, 2.75) is 6.92 Å². The zero-order valence-corrected chi connectivity index (χ0v) is 9.03. The van der Waals surface area contributed by atoms with Crippen LogP contribution in [0.2, 0.25) is 0 Å². The van der Waals surface area contributed by atoms with E-state index in [1.54, 1.807) is 6.08 Å². The van der Waals surface area contributed by atoms with Crippen LogP contribution in [0.1, 0.15) is 6.92 Å². The van der Waals surface area contributed by atoms with Crippen molar-refractivity contribution in [1.29, 1.82) is 0 Å². The molecule has 0 saturated carbocycles. The lowest BCUT2D eigenvalue weighted by Crippen LogP contribution is -1.98. The second kappa shape index (κ2) is 3.54. The molecule has 0 aliphatic carbocycles. The monoisotopic (exact) mass is 280 g/mol. The Labute approximate surface area is 81.6 Å². The lowest BCUT2D eigenvalue weighted by molar-refractivity contribution is -0.133. The predicted molar refractivity (Wildman–Crippen MR) is 49.6 cm³/mol. The van der Waals surface area contributed by atoms with Crippen LogP contribution in [0.5, 0.6) is 0 Å². The molecule has 0 aromatic carbocycles. The molecule has 0 spiro atoms. The van der Waals surface area contributed by atoms with Gasteiger partial charge < -0.3 is 4.74 Å². The molecule has 0 fully saturated rings. The minimum atomic E-state index is -0.276. The first-order valence-electron chi connectivity index (χ1n) is 3.04. The van der Waals surface area contributed by atoms with E-state index in [4.69, 9.17) is 4.74 Å². The summed E-state index contributed by atoms with van der Waals surface area (Å²) in [5.74, 6) is 0.325. The molecule has 0 unspecified atom stereocenters. The van der Waals surface area contributed by atoms with E-state index in [1.807, 2.05) is 6.92 Å². The number of hydrogen-bond acceptors (Lipinski definition) is 2. The number of hydrogen-bond donors (Lipinski definition) is 0. The van der Waals surface area contributed by atoms with Crippen LogP contribution < -0.4 is 0 Å². The van der Waals surface area contributed by atoms with Gasteiger partial charge in [-0.1, -0.05) is 15.9 Å². The Hall–Kier alpha value is -0.0900. The van der Waals surface area contributed by atoms with E-state index in [1.165, 1.54) is 0 Å². The summed E-state index contributed by atoms with van der Waals surface area (Å²) in [6.07, 6.45) is 1.75. The molecule has 2 nitrogen and oxygen atoms in total. The Bertz CT molecular complexity index is 253. The highest BCUT2D eigenvalue weighted by Gasteiger charge is 2.26. The Balaban J connectivity index is 3.04. The van der Waals surface area contributed by atoms with Crippen molar-refractivity contribution in [3.8, 4) is 0 Å². The van der Waals surface area contributed by atoms with Crippen LogP contribution in [-0.2, 0) is 9.53 Å². The maximum atomic E-state index is 11.0. The fourth-order valence-corrected chi connectivity index (χ4v) is 2.24. The molecule has 0 aromatic rings. The quantitative estimate of drug-likeness (QED) is 0.545. The van der Waals surface area contributed by atoms with E-state index in [9.17, 15) is 4.79 Å². The normalized spacial score (nSPS) is 21.4. The number of halogens is 2. The number of esters is 1. The summed E-state index contributed by atoms with van der Waals surface area (Å²) >= 11 is 6.47. The van der Waals surface area contributed by atoms with Gasteiger partial charge in [0.15, 0.2) is 0 Å². The van der Waals surface area contributed by atoms with Gasteiger partial charge in [0.2, 0.25) is 0 Å². The minimum Gasteiger partial charge on any atom is -0.422 e. The maximum Gasteiger partial charge on any atom is 0.341 e. The molecule has 0 N–H and O–H groups in total. The van der Waals surface area contributed by atoms with Gasteiger partial charge in [-0.15, -0.1) is 0 Å². The van der Waals surface area contributed by atoms with E-state index >= 15 is 0 Å². The standard InChI is InChI=1S/C7H6Br2O2/c1-2-5-6(9)4(3-8)7(10)11-5/h2H,3H2,1H3. The highest BCUT2D eigenvalue weighted by Crippen LogP contribution is 2.31. The van der Waals surface area contributed by atoms with Crippen molar-refractivity contribution >= 4 is 37.8 Å². The SMILES string of the molecule is CC=C1OC(=O)C(CBr)=C1Br. The van der Waals surface area contributed by atoms with Crippen molar-refractivity contribution in [3.63, 3.8) is 0 Å². The number of cyclic esters (lactones) is 1. The van der Waals surface area contributed by atoms with Gasteiger partial charge in [0.25, 0.3) is 0 Å². The fraction of sp³-hybridized carbons (Fsp3) is 0.286. The van der Waals surface area contributed by atoms with Crippen LogP contribution >= 0.6 is 31.9 Å². The smallest absolute Gasteiger partial charge is 0.341 e. The number of carbonyl (C=O) groups is 1. The zero-order valence-electron chi connectivity index (χ0n) is 5.86. The lowest BCUT2D eigenvalue weighted by Gasteiger charge is -1.92. The van der Waals surface area contributed by atoms with E-state index in [0.29, 0.717) is 16.7 Å². The summed E-state index contributed by atoms with van der Waals surface area (Å²) in [5, 5.41) is 0.518. The molecule has 60 valence electrons. The second-order valence-electron chi connectivity index (χ2n) is 1.97. The molecule has 0 bridgehead atoms. The van der Waals surface area contributed by atoms with Crippen molar-refractivity contribution in [2.75, 3.05) is 5.33 Å². The molecular formula is C7H6Br2O2. The molecule has 0 radical (unpaired) electrons. The molecule has 0 amide bonds. The molecule has 0 saturated heterocycles. The largest absolute Gasteiger partial charge is 0.422 e. The number of alkyl halides is 1. The zero-order chi connectivity index (χ0) is 8.43. The average molecular weight is 282 g/mol. The number of rotatable bonds is 1. The van der Waals surface area contributed by atoms with Gasteiger partial charge in [0.1, 0.15) is 5.76 Å². The van der Waals surface area contributed by atoms with E-state index in [-0.39, 0.29) is 5.97 Å². The van der Waals surface area contributed by atoms with Gasteiger partial charge in [-0.05, 0) is 28.9 Å². The Morgan fingerprint density at radius 2 is 2.27 bits per heavy atom. The molecule has 1 aliphatic rings. The van der Waals surface area contributed by atoms with Crippen molar-refractivity contribution in [3.05, 3.63) is 21.9 Å². The Morgan fingerprint density at radius 3 is 2.55 bits per heavy atom. The highest BCUT2D eigenvalue weighted by atomic mass is 79.9. The predicted octanol–water partition coefficient (Wildman–Crippen LogP) is 2.49. The highest BCUT2D eigenvalue weighted by molar-refractivity contribution is 9.12. The van der Waals surface area contributed by atoms with Gasteiger partial charge in [-0.25, -0.2) is 4.79 Å². The Kier molecular flexibility index (Phi) is 2.90. The third-order valence-corrected chi connectivity index (χ3v) is 2.76. The van der Waals surface area contributed by atoms with Crippen molar-refractivity contribution < 1.29 is 9.53 Å². The first-order chi connectivity index (χ1) is 5.20. The average Bonchev–Trinajstić information content (AvgIpc) is 2.26. The molecule has 11 heavy (non-hydrogen) atoms. The molecule has 4 heteroatoms. The van der Waals surface area contributed by atoms with E-state index in [0.717, 1.165) is 4.48 Å². The lowest BCUT2D eigenvalue weighted by atomic mass is 10.3. The first kappa shape index (κ1) is 9.00. The van der Waals surface area contributed by atoms with Crippen LogP contribution in [0.25, 0.3) is 0 Å². The van der Waals surface area contributed by atoms with Gasteiger partial charge in [0, 0.05) is 5.33 Å². The molecule has 0 atom stereocenters. The van der Waals surface area contributed by atoms with Crippen molar-refractivity contribution in [1.82, 2.24) is 0 Å². The summed E-state index contributed by atoms with van der Waals surface area (Å²) in [5.41, 5.74) is 0.637. The minimum absolute atomic E-state index is 0.276. The molecule has 1 heterocycles. The topological polar surface area (TPSA) is 26.3 Å². The number of allylic oxidation sites excluding steroid dienone is 2. The van der Waals surface area contributed by atoms with Crippen LogP contribution in [-0.4, -0.2) is 11.3 Å². The van der Waals surface area contributed by atoms with Crippen LogP contribution in [0.3, 0.4) is 0 Å². The second-order valence-corrected chi connectivity index (χ2v) is 3.32. The number of ether oxygens (including phenoxy) is 1. The molecule has 0 aromatic heterocycles. The third kappa shape index (κ3) is 1.56. The summed E-state index contributed by atoms with van der Waals surface area (Å²) in [6, 6.07) is 0. The van der Waals surface area contributed by atoms with Gasteiger partial charge in [-0.2, -0.15) is 0 Å². The summed E-state index contributed by atoms with van der Waals surface area (Å²) < 4.78 is 5.65. The van der Waals surface area contributed by atoms with Gasteiger partial charge in [0.05, 0.1) is 10.1 Å². The first-order valence-corrected chi connectivity index (χ1v) is 4.95. The van der Waals surface area contributed by atoms with E-state index in [2.05, 4.69) is 31.9 Å². The van der Waals surface area contributed by atoms with Crippen LogP contribution in [0, 0.1) is 0 Å². The fourth-order valence-electron chi connectivity index (χ4n) is 0.743. The number of carbonyl (C=O) groups excluding carboxylic acids is 1. The van der Waals surface area contributed by atoms with Crippen molar-refractivity contribution in [2.24, 2.45) is 0 Å². The summed E-state index contributed by atoms with van der Waals surface area (Å²) in [6.45, 7) is 1.82. The Morgan fingerprint density at radius 1 is 1.64 bits per heavy atom. The molecule has 1 aliphatic heterocycles. The summed E-state index contributed by atoms with van der Waals surface area (Å²) in [7, 11) is 0. The third-order valence-electron chi connectivity index (χ3n) is 1.33. The van der Waals surface area contributed by atoms with Crippen LogP contribution in [0.4, 0.5) is 0 Å². The molecule has 1 rings (SSSR count).